The molecule has 5 nitrogen and oxygen atoms in total. The number of hydrogen-bond acceptors (Lipinski definition) is 6. The van der Waals surface area contributed by atoms with Crippen molar-refractivity contribution in [1.29, 1.82) is 5.26 Å². The Labute approximate surface area is 141 Å². The maximum atomic E-state index is 12.4. The van der Waals surface area contributed by atoms with Crippen molar-refractivity contribution in [3.8, 4) is 6.07 Å². The molecule has 0 saturated carbocycles. The molecule has 0 fully saturated rings. The molecule has 0 spiro atoms. The van der Waals surface area contributed by atoms with E-state index in [9.17, 15) is 10.1 Å². The Morgan fingerprint density at radius 2 is 2.27 bits per heavy atom. The lowest BCUT2D eigenvalue weighted by atomic mass is 9.87. The maximum absolute atomic E-state index is 12.4. The Balaban J connectivity index is 2.62. The monoisotopic (exact) mass is 382 g/mol. The number of thiophene rings is 1. The number of nitriles is 1. The van der Waals surface area contributed by atoms with Crippen molar-refractivity contribution in [2.45, 2.75) is 26.2 Å². The average molecular weight is 383 g/mol. The molecule has 0 bridgehead atoms. The van der Waals surface area contributed by atoms with Crippen molar-refractivity contribution in [3.05, 3.63) is 43.6 Å². The number of nitrogens with zero attached hydrogens (tertiary/aromatic N) is 1. The van der Waals surface area contributed by atoms with E-state index in [1.54, 1.807) is 6.92 Å². The minimum absolute atomic E-state index is 0.0434. The SMILES string of the molecule is CCOC(=O)C1=C(CC)OC(N)=C(C#N)[C@H]1c1ccc(Br)s1. The number of ether oxygens (including phenoxy) is 2. The van der Waals surface area contributed by atoms with E-state index in [2.05, 4.69) is 22.0 Å². The highest BCUT2D eigenvalue weighted by molar-refractivity contribution is 9.11. The second kappa shape index (κ2) is 6.99. The van der Waals surface area contributed by atoms with Gasteiger partial charge in [-0.25, -0.2) is 4.79 Å². The molecule has 0 saturated heterocycles. The number of hydrogen-bond donors (Lipinski definition) is 1. The number of rotatable bonds is 4. The summed E-state index contributed by atoms with van der Waals surface area (Å²) in [6.07, 6.45) is 0.483. The largest absolute Gasteiger partial charge is 0.463 e. The lowest BCUT2D eigenvalue weighted by Crippen LogP contribution is -2.25. The first-order chi connectivity index (χ1) is 10.5. The molecule has 1 aromatic rings. The van der Waals surface area contributed by atoms with Crippen molar-refractivity contribution < 1.29 is 14.3 Å². The fraction of sp³-hybridized carbons (Fsp3) is 0.333. The van der Waals surface area contributed by atoms with Crippen molar-refractivity contribution in [3.63, 3.8) is 0 Å². The normalized spacial score (nSPS) is 18.0. The standard InChI is InChI=1S/C15H15BrN2O3S/c1-3-9-13(15(19)20-4-2)12(8(7-17)14(18)21-9)10-5-6-11(16)22-10/h5-6,12H,3-4,18H2,1-2H3/t12-/m0/s1. The second-order valence-corrected chi connectivity index (χ2v) is 6.97. The van der Waals surface area contributed by atoms with Crippen LogP contribution in [0, 0.1) is 11.3 Å². The summed E-state index contributed by atoms with van der Waals surface area (Å²) in [6, 6.07) is 5.80. The summed E-state index contributed by atoms with van der Waals surface area (Å²) in [6.45, 7) is 3.85. The van der Waals surface area contributed by atoms with Gasteiger partial charge in [0.15, 0.2) is 0 Å². The lowest BCUT2D eigenvalue weighted by molar-refractivity contribution is -0.139. The lowest BCUT2D eigenvalue weighted by Gasteiger charge is -2.26. The van der Waals surface area contributed by atoms with Gasteiger partial charge in [-0.3, -0.25) is 0 Å². The van der Waals surface area contributed by atoms with Crippen LogP contribution in [0.15, 0.2) is 38.7 Å². The van der Waals surface area contributed by atoms with Crippen LogP contribution in [-0.4, -0.2) is 12.6 Å². The molecule has 0 aromatic carbocycles. The highest BCUT2D eigenvalue weighted by atomic mass is 79.9. The molecule has 0 amide bonds. The zero-order valence-corrected chi connectivity index (χ0v) is 14.6. The fourth-order valence-electron chi connectivity index (χ4n) is 2.28. The molecule has 1 aliphatic heterocycles. The van der Waals surface area contributed by atoms with E-state index in [0.29, 0.717) is 17.8 Å². The van der Waals surface area contributed by atoms with Crippen LogP contribution < -0.4 is 5.73 Å². The summed E-state index contributed by atoms with van der Waals surface area (Å²) in [7, 11) is 0. The van der Waals surface area contributed by atoms with Crippen LogP contribution in [0.3, 0.4) is 0 Å². The summed E-state index contributed by atoms with van der Waals surface area (Å²) in [5.74, 6) is -0.537. The van der Waals surface area contributed by atoms with E-state index in [4.69, 9.17) is 15.2 Å². The van der Waals surface area contributed by atoms with Crippen molar-refractivity contribution in [2.75, 3.05) is 6.61 Å². The Morgan fingerprint density at radius 1 is 1.55 bits per heavy atom. The molecule has 7 heteroatoms. The van der Waals surface area contributed by atoms with E-state index in [1.165, 1.54) is 11.3 Å². The molecular formula is C15H15BrN2O3S. The quantitative estimate of drug-likeness (QED) is 0.804. The molecule has 1 atom stereocenters. The average Bonchev–Trinajstić information content (AvgIpc) is 2.92. The van der Waals surface area contributed by atoms with Gasteiger partial charge >= 0.3 is 5.97 Å². The van der Waals surface area contributed by atoms with Gasteiger partial charge < -0.3 is 15.2 Å². The van der Waals surface area contributed by atoms with E-state index < -0.39 is 11.9 Å². The number of carbonyl (C=O) groups excluding carboxylic acids is 1. The number of allylic oxidation sites excluding steroid dienone is 2. The van der Waals surface area contributed by atoms with E-state index in [-0.39, 0.29) is 18.1 Å². The highest BCUT2D eigenvalue weighted by Crippen LogP contribution is 2.43. The van der Waals surface area contributed by atoms with Crippen LogP contribution in [0.25, 0.3) is 0 Å². The maximum Gasteiger partial charge on any atom is 0.338 e. The van der Waals surface area contributed by atoms with Crippen LogP contribution in [-0.2, 0) is 14.3 Å². The third-order valence-electron chi connectivity index (χ3n) is 3.19. The van der Waals surface area contributed by atoms with Crippen LogP contribution in [0.5, 0.6) is 0 Å². The fourth-order valence-corrected chi connectivity index (χ4v) is 3.82. The van der Waals surface area contributed by atoms with Gasteiger partial charge in [0, 0.05) is 11.3 Å². The third-order valence-corrected chi connectivity index (χ3v) is 4.88. The summed E-state index contributed by atoms with van der Waals surface area (Å²) in [4.78, 5) is 13.2. The first-order valence-electron chi connectivity index (χ1n) is 6.76. The third kappa shape index (κ3) is 3.03. The summed E-state index contributed by atoms with van der Waals surface area (Å²) < 4.78 is 11.5. The van der Waals surface area contributed by atoms with Crippen LogP contribution in [0.4, 0.5) is 0 Å². The molecule has 22 heavy (non-hydrogen) atoms. The highest BCUT2D eigenvalue weighted by Gasteiger charge is 2.37. The molecule has 0 aliphatic carbocycles. The number of halogens is 1. The van der Waals surface area contributed by atoms with Gasteiger partial charge in [-0.2, -0.15) is 5.26 Å². The van der Waals surface area contributed by atoms with Crippen molar-refractivity contribution in [1.82, 2.24) is 0 Å². The van der Waals surface area contributed by atoms with Crippen molar-refractivity contribution >= 4 is 33.2 Å². The molecule has 2 N–H and O–H groups in total. The second-order valence-electron chi connectivity index (χ2n) is 4.48. The van der Waals surface area contributed by atoms with Crippen molar-refractivity contribution in [2.24, 2.45) is 5.73 Å². The van der Waals surface area contributed by atoms with E-state index in [0.717, 1.165) is 8.66 Å². The van der Waals surface area contributed by atoms with Crippen LogP contribution in [0.2, 0.25) is 0 Å². The van der Waals surface area contributed by atoms with Gasteiger partial charge in [0.25, 0.3) is 0 Å². The van der Waals surface area contributed by atoms with Gasteiger partial charge in [0.05, 0.1) is 21.9 Å². The topological polar surface area (TPSA) is 85.3 Å². The van der Waals surface area contributed by atoms with Crippen LogP contribution >= 0.6 is 27.3 Å². The van der Waals surface area contributed by atoms with Gasteiger partial charge in [0.1, 0.15) is 17.4 Å². The number of esters is 1. The molecule has 2 heterocycles. The minimum Gasteiger partial charge on any atom is -0.463 e. The Morgan fingerprint density at radius 3 is 2.77 bits per heavy atom. The van der Waals surface area contributed by atoms with Gasteiger partial charge in [0.2, 0.25) is 5.88 Å². The Hall–Kier alpha value is -1.78. The first kappa shape index (κ1) is 16.6. The first-order valence-corrected chi connectivity index (χ1v) is 8.37. The predicted molar refractivity (Wildman–Crippen MR) is 86.6 cm³/mol. The zero-order valence-electron chi connectivity index (χ0n) is 12.2. The van der Waals surface area contributed by atoms with Crippen LogP contribution in [0.1, 0.15) is 31.1 Å². The summed E-state index contributed by atoms with van der Waals surface area (Å²) in [5, 5.41) is 9.44. The zero-order chi connectivity index (χ0) is 16.3. The van der Waals surface area contributed by atoms with Gasteiger partial charge in [-0.1, -0.05) is 6.92 Å². The summed E-state index contributed by atoms with van der Waals surface area (Å²) in [5.41, 5.74) is 6.45. The number of carbonyl (C=O) groups is 1. The van der Waals surface area contributed by atoms with Gasteiger partial charge in [-0.05, 0) is 35.0 Å². The smallest absolute Gasteiger partial charge is 0.338 e. The number of nitrogens with two attached hydrogens (primary N) is 1. The van der Waals surface area contributed by atoms with E-state index in [1.807, 2.05) is 19.1 Å². The Bertz CT molecular complexity index is 700. The summed E-state index contributed by atoms with van der Waals surface area (Å²) >= 11 is 4.85. The molecule has 1 aromatic heterocycles. The minimum atomic E-state index is -0.552. The molecule has 2 rings (SSSR count). The molecular weight excluding hydrogens is 368 g/mol. The van der Waals surface area contributed by atoms with Gasteiger partial charge in [-0.15, -0.1) is 11.3 Å². The molecule has 0 radical (unpaired) electrons. The van der Waals surface area contributed by atoms with E-state index >= 15 is 0 Å². The molecule has 116 valence electrons. The molecule has 1 aliphatic rings. The Kier molecular flexibility index (Phi) is 5.27. The molecule has 0 unspecified atom stereocenters. The predicted octanol–water partition coefficient (Wildman–Crippen LogP) is 3.55.